The number of nitrogens with zero attached hydrogens (tertiary/aromatic N) is 6. The van der Waals surface area contributed by atoms with Gasteiger partial charge in [-0.15, -0.1) is 11.3 Å². The first-order valence-electron chi connectivity index (χ1n) is 12.1. The predicted octanol–water partition coefficient (Wildman–Crippen LogP) is 2.54. The fourth-order valence-corrected chi connectivity index (χ4v) is 7.41. The lowest BCUT2D eigenvalue weighted by molar-refractivity contribution is 0.122. The maximum atomic E-state index is 12.8. The first-order valence-corrected chi connectivity index (χ1v) is 14.7. The molecular weight excluding hydrogens is 498 g/mol. The molecule has 1 aromatic carbocycles. The third kappa shape index (κ3) is 4.48. The van der Waals surface area contributed by atoms with Crippen molar-refractivity contribution in [1.82, 2.24) is 29.4 Å². The molecule has 2 saturated heterocycles. The summed E-state index contributed by atoms with van der Waals surface area (Å²) >= 11 is 1.59. The Balaban J connectivity index is 1.45. The number of morpholine rings is 1. The number of thiophene rings is 1. The van der Waals surface area contributed by atoms with Crippen molar-refractivity contribution < 1.29 is 13.2 Å². The van der Waals surface area contributed by atoms with Crippen LogP contribution >= 0.6 is 11.3 Å². The molecule has 6 rings (SSSR count). The van der Waals surface area contributed by atoms with Crippen LogP contribution in [-0.2, 0) is 21.3 Å². The summed E-state index contributed by atoms with van der Waals surface area (Å²) in [6.07, 6.45) is 3.95. The Kier molecular flexibility index (Phi) is 6.16. The minimum atomic E-state index is -3.37. The molecule has 5 heterocycles. The van der Waals surface area contributed by atoms with Crippen LogP contribution in [0.25, 0.3) is 32.5 Å². The number of likely N-dealkylation sites (N-methyl/N-ethyl adjacent to an activating group) is 1. The average Bonchev–Trinajstić information content (AvgIpc) is 3.60. The molecule has 190 valence electrons. The molecule has 0 saturated carbocycles. The molecular formula is C24H29N7O3S2. The highest BCUT2D eigenvalue weighted by molar-refractivity contribution is 7.88. The lowest BCUT2D eigenvalue weighted by Gasteiger charge is -2.28. The van der Waals surface area contributed by atoms with E-state index in [2.05, 4.69) is 20.0 Å². The van der Waals surface area contributed by atoms with Crippen molar-refractivity contribution in [2.75, 3.05) is 57.6 Å². The number of likely N-dealkylation sites (tertiary alicyclic amines) is 1. The number of benzene rings is 1. The van der Waals surface area contributed by atoms with Gasteiger partial charge in [-0.3, -0.25) is 5.10 Å². The molecule has 2 aliphatic rings. The molecule has 3 aromatic heterocycles. The zero-order valence-corrected chi connectivity index (χ0v) is 22.0. The van der Waals surface area contributed by atoms with E-state index in [9.17, 15) is 8.42 Å². The number of aromatic amines is 1. The third-order valence-corrected chi connectivity index (χ3v) is 9.34. The molecule has 12 heteroatoms. The summed E-state index contributed by atoms with van der Waals surface area (Å²) in [4.78, 5) is 15.4. The zero-order valence-electron chi connectivity index (χ0n) is 20.3. The van der Waals surface area contributed by atoms with Crippen molar-refractivity contribution in [2.24, 2.45) is 0 Å². The van der Waals surface area contributed by atoms with Gasteiger partial charge in [0.1, 0.15) is 0 Å². The number of aromatic nitrogens is 4. The number of fused-ring (bicyclic) bond motifs is 2. The van der Waals surface area contributed by atoms with Gasteiger partial charge in [-0.1, -0.05) is 12.1 Å². The molecule has 0 spiro atoms. The molecule has 2 aliphatic heterocycles. The highest BCUT2D eigenvalue weighted by Crippen LogP contribution is 2.37. The van der Waals surface area contributed by atoms with Gasteiger partial charge in [0.2, 0.25) is 10.0 Å². The summed E-state index contributed by atoms with van der Waals surface area (Å²) in [6.45, 7) is 4.78. The molecule has 4 aromatic rings. The highest BCUT2D eigenvalue weighted by Gasteiger charge is 2.32. The average molecular weight is 528 g/mol. The van der Waals surface area contributed by atoms with E-state index in [-0.39, 0.29) is 6.04 Å². The minimum Gasteiger partial charge on any atom is -0.378 e. The SMILES string of the molecule is CN1CCC(N(Cc2cc3nc(-c4cccc5[nH]ncc45)nc(N4CCOCC4)c3s2)S(C)(=O)=O)C1. The van der Waals surface area contributed by atoms with Crippen molar-refractivity contribution in [3.05, 3.63) is 35.3 Å². The van der Waals surface area contributed by atoms with E-state index in [1.54, 1.807) is 21.8 Å². The van der Waals surface area contributed by atoms with Crippen LogP contribution in [0.5, 0.6) is 0 Å². The van der Waals surface area contributed by atoms with Gasteiger partial charge in [-0.05, 0) is 32.1 Å². The Morgan fingerprint density at radius 1 is 1.22 bits per heavy atom. The number of nitrogens with one attached hydrogen (secondary N) is 1. The number of hydrogen-bond donors (Lipinski definition) is 1. The molecule has 1 unspecified atom stereocenters. The second kappa shape index (κ2) is 9.34. The summed E-state index contributed by atoms with van der Waals surface area (Å²) in [5, 5.41) is 8.18. The van der Waals surface area contributed by atoms with Gasteiger partial charge in [0, 0.05) is 48.0 Å². The van der Waals surface area contributed by atoms with Crippen LogP contribution in [-0.4, -0.2) is 96.5 Å². The van der Waals surface area contributed by atoms with E-state index in [0.29, 0.717) is 25.6 Å². The molecule has 0 amide bonds. The standard InChI is InChI=1S/C24H29N7O3S2/c1-29-7-6-16(14-29)31(36(2,32)33)15-17-12-21-22(35-17)24(30-8-10-34-11-9-30)27-23(26-21)18-4-3-5-20-19(18)13-25-28-20/h3-5,12-13,16H,6-11,14-15H2,1-2H3,(H,25,28). The lowest BCUT2D eigenvalue weighted by atomic mass is 10.1. The van der Waals surface area contributed by atoms with Gasteiger partial charge < -0.3 is 14.5 Å². The molecule has 2 fully saturated rings. The number of ether oxygens (including phenoxy) is 1. The number of hydrogen-bond acceptors (Lipinski definition) is 9. The number of anilines is 1. The fraction of sp³-hybridized carbons (Fsp3) is 0.458. The first-order chi connectivity index (χ1) is 17.4. The van der Waals surface area contributed by atoms with E-state index in [0.717, 1.165) is 70.0 Å². The van der Waals surface area contributed by atoms with Crippen molar-refractivity contribution in [3.63, 3.8) is 0 Å². The summed E-state index contributed by atoms with van der Waals surface area (Å²) in [7, 11) is -1.33. The Hall–Kier alpha value is -2.64. The van der Waals surface area contributed by atoms with Crippen molar-refractivity contribution in [3.8, 4) is 11.4 Å². The maximum absolute atomic E-state index is 12.8. The second-order valence-corrected chi connectivity index (χ2v) is 12.6. The molecule has 0 bridgehead atoms. The second-order valence-electron chi connectivity index (χ2n) is 9.55. The number of sulfonamides is 1. The van der Waals surface area contributed by atoms with Gasteiger partial charge in [0.05, 0.1) is 41.4 Å². The molecule has 36 heavy (non-hydrogen) atoms. The van der Waals surface area contributed by atoms with Crippen LogP contribution in [0, 0.1) is 0 Å². The summed E-state index contributed by atoms with van der Waals surface area (Å²) in [5.41, 5.74) is 2.68. The van der Waals surface area contributed by atoms with Gasteiger partial charge in [0.25, 0.3) is 0 Å². The van der Waals surface area contributed by atoms with Crippen molar-refractivity contribution in [2.45, 2.75) is 19.0 Å². The van der Waals surface area contributed by atoms with E-state index in [1.807, 2.05) is 31.3 Å². The Bertz CT molecular complexity index is 1510. The minimum absolute atomic E-state index is 0.0192. The molecule has 0 aliphatic carbocycles. The molecule has 1 atom stereocenters. The normalized spacial score (nSPS) is 19.8. The van der Waals surface area contributed by atoms with Crippen molar-refractivity contribution in [1.29, 1.82) is 0 Å². The molecule has 10 nitrogen and oxygen atoms in total. The van der Waals surface area contributed by atoms with Crippen LogP contribution in [0.2, 0.25) is 0 Å². The topological polar surface area (TPSA) is 108 Å². The summed E-state index contributed by atoms with van der Waals surface area (Å²) < 4.78 is 33.7. The smallest absolute Gasteiger partial charge is 0.211 e. The van der Waals surface area contributed by atoms with Gasteiger partial charge in [-0.25, -0.2) is 18.4 Å². The quantitative estimate of drug-likeness (QED) is 0.408. The van der Waals surface area contributed by atoms with Crippen LogP contribution in [0.3, 0.4) is 0 Å². The number of rotatable bonds is 6. The maximum Gasteiger partial charge on any atom is 0.211 e. The van der Waals surface area contributed by atoms with E-state index < -0.39 is 10.0 Å². The summed E-state index contributed by atoms with van der Waals surface area (Å²) in [5.74, 6) is 1.51. The van der Waals surface area contributed by atoms with E-state index >= 15 is 0 Å². The van der Waals surface area contributed by atoms with Crippen LogP contribution < -0.4 is 4.90 Å². The summed E-state index contributed by atoms with van der Waals surface area (Å²) in [6, 6.07) is 7.98. The Morgan fingerprint density at radius 2 is 2.06 bits per heavy atom. The van der Waals surface area contributed by atoms with Gasteiger partial charge >= 0.3 is 0 Å². The highest BCUT2D eigenvalue weighted by atomic mass is 32.2. The molecule has 0 radical (unpaired) electrons. The van der Waals surface area contributed by atoms with Crippen LogP contribution in [0.1, 0.15) is 11.3 Å². The Labute approximate surface area is 213 Å². The predicted molar refractivity (Wildman–Crippen MR) is 142 cm³/mol. The monoisotopic (exact) mass is 527 g/mol. The first kappa shape index (κ1) is 23.7. The third-order valence-electron chi connectivity index (χ3n) is 6.95. The van der Waals surface area contributed by atoms with E-state index in [4.69, 9.17) is 14.7 Å². The largest absolute Gasteiger partial charge is 0.378 e. The fourth-order valence-electron chi connectivity index (χ4n) is 5.13. The van der Waals surface area contributed by atoms with Crippen molar-refractivity contribution >= 4 is 48.3 Å². The van der Waals surface area contributed by atoms with E-state index in [1.165, 1.54) is 6.26 Å². The van der Waals surface area contributed by atoms with Crippen LogP contribution in [0.15, 0.2) is 30.5 Å². The van der Waals surface area contributed by atoms with Crippen LogP contribution in [0.4, 0.5) is 5.82 Å². The Morgan fingerprint density at radius 3 is 2.81 bits per heavy atom. The zero-order chi connectivity index (χ0) is 24.9. The molecule has 1 N–H and O–H groups in total. The lowest BCUT2D eigenvalue weighted by Crippen LogP contribution is -2.40. The van der Waals surface area contributed by atoms with Gasteiger partial charge in [-0.2, -0.15) is 9.40 Å². The number of H-pyrrole nitrogens is 1. The van der Waals surface area contributed by atoms with Gasteiger partial charge in [0.15, 0.2) is 11.6 Å².